The van der Waals surface area contributed by atoms with Gasteiger partial charge in [-0.25, -0.2) is 4.39 Å². The quantitative estimate of drug-likeness (QED) is 0.733. The monoisotopic (exact) mass is 378 g/mol. The van der Waals surface area contributed by atoms with Crippen LogP contribution in [0.1, 0.15) is 48.2 Å². The van der Waals surface area contributed by atoms with Gasteiger partial charge in [-0.2, -0.15) is 0 Å². The van der Waals surface area contributed by atoms with Gasteiger partial charge in [0.05, 0.1) is 6.42 Å². The minimum Gasteiger partial charge on any atom is -0.355 e. The molecule has 0 saturated heterocycles. The van der Waals surface area contributed by atoms with Gasteiger partial charge in [0.15, 0.2) is 3.95 Å². The van der Waals surface area contributed by atoms with Crippen LogP contribution in [-0.2, 0) is 16.6 Å². The van der Waals surface area contributed by atoms with Gasteiger partial charge in [0.25, 0.3) is 0 Å². The summed E-state index contributed by atoms with van der Waals surface area (Å²) in [4.78, 5) is 16.5. The number of aromatic amines is 1. The third-order valence-electron chi connectivity index (χ3n) is 5.14. The number of hydrogen-bond acceptors (Lipinski definition) is 3. The Morgan fingerprint density at radius 3 is 2.56 bits per heavy atom. The zero-order chi connectivity index (χ0) is 17.9. The van der Waals surface area contributed by atoms with Crippen LogP contribution in [0.5, 0.6) is 0 Å². The number of nitrogens with one attached hydrogen (secondary N) is 2. The third-order valence-corrected chi connectivity index (χ3v) is 6.47. The number of aryl methyl sites for hydroxylation is 1. The van der Waals surface area contributed by atoms with Gasteiger partial charge in [0.2, 0.25) is 5.91 Å². The van der Waals surface area contributed by atoms with Crippen molar-refractivity contribution in [1.29, 1.82) is 0 Å². The van der Waals surface area contributed by atoms with E-state index in [4.69, 9.17) is 12.2 Å². The van der Waals surface area contributed by atoms with Crippen LogP contribution in [0.4, 0.5) is 4.39 Å². The summed E-state index contributed by atoms with van der Waals surface area (Å²) < 4.78 is 14.0. The maximum absolute atomic E-state index is 13.3. The number of carbonyl (C=O) groups excluding carboxylic acids is 1. The molecule has 0 atom stereocenters. The molecular formula is C19H23FN2OS2. The summed E-state index contributed by atoms with van der Waals surface area (Å²) in [6.07, 6.45) is 5.92. The molecule has 2 N–H and O–H groups in total. The lowest BCUT2D eigenvalue weighted by molar-refractivity contribution is -0.120. The Kier molecular flexibility index (Phi) is 5.69. The van der Waals surface area contributed by atoms with Gasteiger partial charge in [0, 0.05) is 22.5 Å². The molecule has 1 fully saturated rings. The van der Waals surface area contributed by atoms with E-state index in [1.54, 1.807) is 0 Å². The number of hydrogen-bond donors (Lipinski definition) is 2. The first kappa shape index (κ1) is 18.3. The highest BCUT2D eigenvalue weighted by Crippen LogP contribution is 2.39. The van der Waals surface area contributed by atoms with Gasteiger partial charge < -0.3 is 10.3 Å². The van der Waals surface area contributed by atoms with Gasteiger partial charge >= 0.3 is 0 Å². The molecule has 25 heavy (non-hydrogen) atoms. The van der Waals surface area contributed by atoms with Crippen molar-refractivity contribution >= 4 is 29.5 Å². The summed E-state index contributed by atoms with van der Waals surface area (Å²) >= 11 is 6.59. The Hall–Kier alpha value is -1.53. The highest BCUT2D eigenvalue weighted by molar-refractivity contribution is 7.73. The molecule has 0 aliphatic heterocycles. The Labute approximate surface area is 156 Å². The van der Waals surface area contributed by atoms with Crippen LogP contribution in [-0.4, -0.2) is 17.4 Å². The van der Waals surface area contributed by atoms with Crippen LogP contribution in [0.2, 0.25) is 0 Å². The third kappa shape index (κ3) is 4.36. The van der Waals surface area contributed by atoms with E-state index in [0.29, 0.717) is 16.9 Å². The molecule has 1 aliphatic carbocycles. The molecule has 1 amide bonds. The van der Waals surface area contributed by atoms with Crippen molar-refractivity contribution in [3.8, 4) is 0 Å². The molecule has 0 radical (unpaired) electrons. The number of halogens is 1. The molecule has 1 aromatic carbocycles. The van der Waals surface area contributed by atoms with E-state index < -0.39 is 0 Å². The van der Waals surface area contributed by atoms with Crippen molar-refractivity contribution in [3.63, 3.8) is 0 Å². The van der Waals surface area contributed by atoms with Crippen molar-refractivity contribution in [2.75, 3.05) is 6.54 Å². The maximum atomic E-state index is 13.3. The summed E-state index contributed by atoms with van der Waals surface area (Å²) in [6.45, 7) is 2.54. The van der Waals surface area contributed by atoms with E-state index in [1.807, 2.05) is 19.1 Å². The first-order chi connectivity index (χ1) is 12.0. The highest BCUT2D eigenvalue weighted by atomic mass is 32.1. The minimum absolute atomic E-state index is 0.0143. The van der Waals surface area contributed by atoms with Gasteiger partial charge in [-0.1, -0.05) is 31.4 Å². The normalized spacial score (nSPS) is 16.6. The van der Waals surface area contributed by atoms with Crippen LogP contribution in [0.25, 0.3) is 0 Å². The summed E-state index contributed by atoms with van der Waals surface area (Å²) in [6, 6.07) is 6.77. The maximum Gasteiger partial charge on any atom is 0.225 e. The molecule has 3 rings (SSSR count). The van der Waals surface area contributed by atoms with E-state index in [2.05, 4.69) is 10.3 Å². The molecule has 0 unspecified atom stereocenters. The molecule has 1 aliphatic rings. The summed E-state index contributed by atoms with van der Waals surface area (Å²) in [5.41, 5.74) is 2.01. The molecule has 134 valence electrons. The lowest BCUT2D eigenvalue weighted by Crippen LogP contribution is -2.42. The summed E-state index contributed by atoms with van der Waals surface area (Å²) in [5, 5.41) is 3.12. The predicted octanol–water partition coefficient (Wildman–Crippen LogP) is 4.81. The smallest absolute Gasteiger partial charge is 0.225 e. The molecule has 2 aromatic rings. The van der Waals surface area contributed by atoms with Crippen LogP contribution < -0.4 is 5.32 Å². The second kappa shape index (κ2) is 7.79. The number of rotatable bonds is 5. The minimum atomic E-state index is -0.220. The van der Waals surface area contributed by atoms with E-state index >= 15 is 0 Å². The van der Waals surface area contributed by atoms with Gasteiger partial charge in [0.1, 0.15) is 5.82 Å². The molecular weight excluding hydrogens is 355 g/mol. The van der Waals surface area contributed by atoms with Crippen molar-refractivity contribution in [2.45, 2.75) is 50.9 Å². The molecule has 0 bridgehead atoms. The number of H-pyrrole nitrogens is 1. The van der Waals surface area contributed by atoms with E-state index in [9.17, 15) is 9.18 Å². The fraction of sp³-hybridized carbons (Fsp3) is 0.474. The SMILES string of the molecule is Cc1[nH]c(=S)sc1CC(=O)NCC1(c2ccc(F)cc2)CCCCC1. The van der Waals surface area contributed by atoms with Crippen LogP contribution in [0, 0.1) is 16.7 Å². The van der Waals surface area contributed by atoms with Crippen LogP contribution in [0.3, 0.4) is 0 Å². The molecule has 1 heterocycles. The number of thiazole rings is 1. The molecule has 3 nitrogen and oxygen atoms in total. The molecule has 1 saturated carbocycles. The van der Waals surface area contributed by atoms with Gasteiger partial charge in [-0.3, -0.25) is 4.79 Å². The Morgan fingerprint density at radius 2 is 1.96 bits per heavy atom. The lowest BCUT2D eigenvalue weighted by Gasteiger charge is -2.38. The first-order valence-electron chi connectivity index (χ1n) is 8.70. The van der Waals surface area contributed by atoms with E-state index in [0.717, 1.165) is 41.8 Å². The Bertz CT molecular complexity index is 789. The second-order valence-corrected chi connectivity index (χ2v) is 8.64. The van der Waals surface area contributed by atoms with E-state index in [1.165, 1.54) is 29.9 Å². The zero-order valence-corrected chi connectivity index (χ0v) is 16.0. The Balaban J connectivity index is 1.70. The average Bonchev–Trinajstić information content (AvgIpc) is 2.91. The fourth-order valence-corrected chi connectivity index (χ4v) is 4.97. The first-order valence-corrected chi connectivity index (χ1v) is 9.92. The molecule has 6 heteroatoms. The number of benzene rings is 1. The van der Waals surface area contributed by atoms with Gasteiger partial charge in [-0.15, -0.1) is 11.3 Å². The van der Waals surface area contributed by atoms with Crippen molar-refractivity contribution in [2.24, 2.45) is 0 Å². The fourth-order valence-electron chi connectivity index (χ4n) is 3.68. The zero-order valence-electron chi connectivity index (χ0n) is 14.4. The number of aromatic nitrogens is 1. The second-order valence-electron chi connectivity index (χ2n) is 6.86. The Morgan fingerprint density at radius 1 is 1.28 bits per heavy atom. The topological polar surface area (TPSA) is 44.9 Å². The van der Waals surface area contributed by atoms with Crippen LogP contribution >= 0.6 is 23.6 Å². The number of carbonyl (C=O) groups is 1. The summed E-state index contributed by atoms with van der Waals surface area (Å²) in [5.74, 6) is -0.205. The standard InChI is InChI=1S/C19H23FN2OS2/c1-13-16(25-18(24)22-13)11-17(23)21-12-19(9-3-2-4-10-19)14-5-7-15(20)8-6-14/h5-8H,2-4,9-12H2,1H3,(H,21,23)(H,22,24). The lowest BCUT2D eigenvalue weighted by atomic mass is 9.69. The number of amides is 1. The summed E-state index contributed by atoms with van der Waals surface area (Å²) in [7, 11) is 0. The van der Waals surface area contributed by atoms with Crippen molar-refractivity contribution < 1.29 is 9.18 Å². The predicted molar refractivity (Wildman–Crippen MR) is 102 cm³/mol. The molecule has 0 spiro atoms. The van der Waals surface area contributed by atoms with E-state index in [-0.39, 0.29) is 17.1 Å². The van der Waals surface area contributed by atoms with Crippen molar-refractivity contribution in [3.05, 3.63) is 50.2 Å². The average molecular weight is 379 g/mol. The van der Waals surface area contributed by atoms with Crippen molar-refractivity contribution in [1.82, 2.24) is 10.3 Å². The largest absolute Gasteiger partial charge is 0.355 e. The van der Waals surface area contributed by atoms with Gasteiger partial charge in [-0.05, 0) is 49.7 Å². The van der Waals surface area contributed by atoms with Crippen LogP contribution in [0.15, 0.2) is 24.3 Å². The molecule has 1 aromatic heterocycles. The highest BCUT2D eigenvalue weighted by Gasteiger charge is 2.34.